The molecule has 1 amide bonds. The Labute approximate surface area is 111 Å². The summed E-state index contributed by atoms with van der Waals surface area (Å²) in [5.41, 5.74) is 5.90. The van der Waals surface area contributed by atoms with Crippen LogP contribution in [-0.2, 0) is 4.79 Å². The molecule has 1 aliphatic carbocycles. The average molecular weight is 252 g/mol. The Morgan fingerprint density at radius 3 is 2.39 bits per heavy atom. The molecule has 0 spiro atoms. The van der Waals surface area contributed by atoms with Gasteiger partial charge in [-0.15, -0.1) is 0 Å². The number of amides is 1. The molecule has 2 aliphatic rings. The summed E-state index contributed by atoms with van der Waals surface area (Å²) in [6, 6.07) is 0.309. The first-order valence-corrected chi connectivity index (χ1v) is 7.75. The fraction of sp³-hybridized carbons (Fsp3) is 0.933. The van der Waals surface area contributed by atoms with E-state index in [2.05, 4.69) is 11.8 Å². The maximum atomic E-state index is 12.5. The molecule has 0 bridgehead atoms. The summed E-state index contributed by atoms with van der Waals surface area (Å²) < 4.78 is 0. The molecule has 2 N–H and O–H groups in total. The van der Waals surface area contributed by atoms with Crippen molar-refractivity contribution in [1.82, 2.24) is 4.90 Å². The molecule has 0 aromatic carbocycles. The van der Waals surface area contributed by atoms with Crippen LogP contribution >= 0.6 is 0 Å². The van der Waals surface area contributed by atoms with Crippen LogP contribution in [0.15, 0.2) is 0 Å². The van der Waals surface area contributed by atoms with Crippen molar-refractivity contribution in [3.8, 4) is 0 Å². The van der Waals surface area contributed by atoms with Crippen molar-refractivity contribution in [1.29, 1.82) is 0 Å². The highest BCUT2D eigenvalue weighted by molar-refractivity contribution is 5.78. The monoisotopic (exact) mass is 252 g/mol. The van der Waals surface area contributed by atoms with Crippen LogP contribution in [0, 0.1) is 11.8 Å². The smallest absolute Gasteiger partial charge is 0.225 e. The summed E-state index contributed by atoms with van der Waals surface area (Å²) in [5, 5.41) is 0. The summed E-state index contributed by atoms with van der Waals surface area (Å²) >= 11 is 0. The molecule has 104 valence electrons. The van der Waals surface area contributed by atoms with Gasteiger partial charge in [0.15, 0.2) is 0 Å². The van der Waals surface area contributed by atoms with Gasteiger partial charge in [0.1, 0.15) is 0 Å². The van der Waals surface area contributed by atoms with Crippen molar-refractivity contribution in [3.63, 3.8) is 0 Å². The van der Waals surface area contributed by atoms with Gasteiger partial charge in [0.05, 0.1) is 0 Å². The highest BCUT2D eigenvalue weighted by Crippen LogP contribution is 2.32. The van der Waals surface area contributed by atoms with Gasteiger partial charge in [0.2, 0.25) is 5.91 Å². The molecular weight excluding hydrogens is 224 g/mol. The van der Waals surface area contributed by atoms with Crippen molar-refractivity contribution >= 4 is 5.91 Å². The molecule has 3 nitrogen and oxygen atoms in total. The predicted octanol–water partition coefficient (Wildman–Crippen LogP) is 2.54. The molecule has 3 heteroatoms. The molecule has 0 radical (unpaired) electrons. The minimum atomic E-state index is 0.266. The number of hydrogen-bond acceptors (Lipinski definition) is 2. The van der Waals surface area contributed by atoms with Gasteiger partial charge >= 0.3 is 0 Å². The van der Waals surface area contributed by atoms with Gasteiger partial charge < -0.3 is 10.6 Å². The van der Waals surface area contributed by atoms with Gasteiger partial charge in [-0.25, -0.2) is 0 Å². The second kappa shape index (κ2) is 6.55. The normalized spacial score (nSPS) is 24.4. The number of nitrogens with two attached hydrogens (primary N) is 1. The molecule has 0 aromatic heterocycles. The van der Waals surface area contributed by atoms with Crippen molar-refractivity contribution in [2.24, 2.45) is 17.6 Å². The van der Waals surface area contributed by atoms with Gasteiger partial charge in [0.25, 0.3) is 0 Å². The molecule has 18 heavy (non-hydrogen) atoms. The summed E-state index contributed by atoms with van der Waals surface area (Å²) in [7, 11) is 0. The van der Waals surface area contributed by atoms with E-state index in [4.69, 9.17) is 5.73 Å². The van der Waals surface area contributed by atoms with E-state index >= 15 is 0 Å². The summed E-state index contributed by atoms with van der Waals surface area (Å²) in [6.45, 7) is 3.91. The molecule has 1 aliphatic heterocycles. The molecule has 1 saturated heterocycles. The van der Waals surface area contributed by atoms with Gasteiger partial charge in [-0.05, 0) is 31.6 Å². The van der Waals surface area contributed by atoms with Crippen molar-refractivity contribution < 1.29 is 4.79 Å². The van der Waals surface area contributed by atoms with E-state index < -0.39 is 0 Å². The van der Waals surface area contributed by atoms with Crippen LogP contribution in [0.3, 0.4) is 0 Å². The van der Waals surface area contributed by atoms with E-state index in [1.54, 1.807) is 0 Å². The standard InChI is InChI=1S/C15H28N2O/c1-2-13(11-12-5-3-4-6-12)15(18)17-9-7-14(16)8-10-17/h12-14H,2-11,16H2,1H3. The minimum absolute atomic E-state index is 0.266. The number of likely N-dealkylation sites (tertiary alicyclic amines) is 1. The Morgan fingerprint density at radius 1 is 1.22 bits per heavy atom. The first-order valence-electron chi connectivity index (χ1n) is 7.75. The van der Waals surface area contributed by atoms with Crippen LogP contribution in [0.5, 0.6) is 0 Å². The number of nitrogens with zero attached hydrogens (tertiary/aromatic N) is 1. The van der Waals surface area contributed by atoms with E-state index in [-0.39, 0.29) is 5.92 Å². The summed E-state index contributed by atoms with van der Waals surface area (Å²) in [6.07, 6.45) is 9.50. The van der Waals surface area contributed by atoms with Crippen molar-refractivity contribution in [2.75, 3.05) is 13.1 Å². The zero-order valence-electron chi connectivity index (χ0n) is 11.7. The molecule has 2 fully saturated rings. The van der Waals surface area contributed by atoms with E-state index in [1.807, 2.05) is 0 Å². The maximum absolute atomic E-state index is 12.5. The first kappa shape index (κ1) is 13.9. The van der Waals surface area contributed by atoms with E-state index in [9.17, 15) is 4.79 Å². The van der Waals surface area contributed by atoms with Crippen LogP contribution < -0.4 is 5.73 Å². The fourth-order valence-corrected chi connectivity index (χ4v) is 3.47. The number of piperidine rings is 1. The number of hydrogen-bond donors (Lipinski definition) is 1. The van der Waals surface area contributed by atoms with Gasteiger partial charge in [-0.1, -0.05) is 32.6 Å². The first-order chi connectivity index (χ1) is 8.70. The third-order valence-electron chi connectivity index (χ3n) is 4.79. The summed E-state index contributed by atoms with van der Waals surface area (Å²) in [5.74, 6) is 1.48. The molecule has 0 aromatic rings. The molecule has 1 saturated carbocycles. The lowest BCUT2D eigenvalue weighted by molar-refractivity contribution is -0.137. The Bertz CT molecular complexity index is 266. The molecule has 2 rings (SSSR count). The second-order valence-electron chi connectivity index (χ2n) is 6.15. The highest BCUT2D eigenvalue weighted by Gasteiger charge is 2.29. The Hall–Kier alpha value is -0.570. The Morgan fingerprint density at radius 2 is 1.83 bits per heavy atom. The summed E-state index contributed by atoms with van der Waals surface area (Å²) in [4.78, 5) is 14.6. The van der Waals surface area contributed by atoms with Crippen LogP contribution in [0.2, 0.25) is 0 Å². The van der Waals surface area contributed by atoms with E-state index in [0.717, 1.165) is 44.7 Å². The van der Waals surface area contributed by atoms with Gasteiger partial charge in [-0.2, -0.15) is 0 Å². The molecule has 1 unspecified atom stereocenters. The Balaban J connectivity index is 1.84. The third-order valence-corrected chi connectivity index (χ3v) is 4.79. The average Bonchev–Trinajstić information content (AvgIpc) is 2.89. The van der Waals surface area contributed by atoms with Crippen molar-refractivity contribution in [3.05, 3.63) is 0 Å². The Kier molecular flexibility index (Phi) is 5.04. The second-order valence-corrected chi connectivity index (χ2v) is 6.15. The quantitative estimate of drug-likeness (QED) is 0.835. The third kappa shape index (κ3) is 3.47. The van der Waals surface area contributed by atoms with Crippen LogP contribution in [0.1, 0.15) is 58.3 Å². The topological polar surface area (TPSA) is 46.3 Å². The largest absolute Gasteiger partial charge is 0.342 e. The lowest BCUT2D eigenvalue weighted by atomic mass is 9.89. The molecular formula is C15H28N2O. The fourth-order valence-electron chi connectivity index (χ4n) is 3.47. The number of rotatable bonds is 4. The van der Waals surface area contributed by atoms with Gasteiger partial charge in [0, 0.05) is 25.0 Å². The predicted molar refractivity (Wildman–Crippen MR) is 74.1 cm³/mol. The lowest BCUT2D eigenvalue weighted by Crippen LogP contribution is -2.45. The van der Waals surface area contributed by atoms with Gasteiger partial charge in [-0.3, -0.25) is 4.79 Å². The van der Waals surface area contributed by atoms with Crippen LogP contribution in [0.4, 0.5) is 0 Å². The van der Waals surface area contributed by atoms with E-state index in [0.29, 0.717) is 11.9 Å². The SMILES string of the molecule is CCC(CC1CCCC1)C(=O)N1CCC(N)CC1. The van der Waals surface area contributed by atoms with Crippen LogP contribution in [-0.4, -0.2) is 29.9 Å². The zero-order valence-corrected chi connectivity index (χ0v) is 11.7. The highest BCUT2D eigenvalue weighted by atomic mass is 16.2. The maximum Gasteiger partial charge on any atom is 0.225 e. The lowest BCUT2D eigenvalue weighted by Gasteiger charge is -2.33. The number of carbonyl (C=O) groups is 1. The zero-order chi connectivity index (χ0) is 13.0. The molecule has 1 heterocycles. The minimum Gasteiger partial charge on any atom is -0.342 e. The van der Waals surface area contributed by atoms with Crippen LogP contribution in [0.25, 0.3) is 0 Å². The number of carbonyl (C=O) groups excluding carboxylic acids is 1. The van der Waals surface area contributed by atoms with Crippen molar-refractivity contribution in [2.45, 2.75) is 64.3 Å². The molecule has 1 atom stereocenters. The van der Waals surface area contributed by atoms with E-state index in [1.165, 1.54) is 25.7 Å².